The Morgan fingerprint density at radius 3 is 2.50 bits per heavy atom. The number of nitrogen functional groups attached to an aromatic ring is 1. The highest BCUT2D eigenvalue weighted by molar-refractivity contribution is 6.00. The summed E-state index contributed by atoms with van der Waals surface area (Å²) in [6.45, 7) is 2.05. The molecule has 0 unspecified atom stereocenters. The van der Waals surface area contributed by atoms with Crippen molar-refractivity contribution in [2.45, 2.75) is 6.92 Å². The lowest BCUT2D eigenvalue weighted by Crippen LogP contribution is -2.18. The second-order valence-corrected chi connectivity index (χ2v) is 4.20. The zero-order valence-corrected chi connectivity index (χ0v) is 10.5. The summed E-state index contributed by atoms with van der Waals surface area (Å²) in [6.07, 6.45) is 3.36. The standard InChI is InChI=1S/C14H16N4/c1-10-3-5-11(6-4-10)18(2)13-9-17-8-7-12(13)14(15)16/h3-9H,1-2H3,(H3,15,16). The predicted octanol–water partition coefficient (Wildman–Crippen LogP) is 2.44. The highest BCUT2D eigenvalue weighted by Gasteiger charge is 2.10. The monoisotopic (exact) mass is 240 g/mol. The molecule has 1 aromatic carbocycles. The molecule has 92 valence electrons. The summed E-state index contributed by atoms with van der Waals surface area (Å²) in [5.74, 6) is 0.0476. The number of amidine groups is 1. The van der Waals surface area contributed by atoms with Crippen LogP contribution in [0.1, 0.15) is 11.1 Å². The number of hydrogen-bond donors (Lipinski definition) is 2. The molecule has 0 saturated heterocycles. The summed E-state index contributed by atoms with van der Waals surface area (Å²) in [5.41, 5.74) is 9.35. The summed E-state index contributed by atoms with van der Waals surface area (Å²) in [4.78, 5) is 6.07. The lowest BCUT2D eigenvalue weighted by Gasteiger charge is -2.21. The van der Waals surface area contributed by atoms with Crippen LogP contribution < -0.4 is 10.6 Å². The Labute approximate surface area is 107 Å². The van der Waals surface area contributed by atoms with E-state index in [9.17, 15) is 0 Å². The van der Waals surface area contributed by atoms with Gasteiger partial charge in [0.25, 0.3) is 0 Å². The fraction of sp³-hybridized carbons (Fsp3) is 0.143. The van der Waals surface area contributed by atoms with Crippen molar-refractivity contribution in [1.82, 2.24) is 4.98 Å². The molecule has 0 saturated carbocycles. The van der Waals surface area contributed by atoms with Gasteiger partial charge in [-0.15, -0.1) is 0 Å². The Hall–Kier alpha value is -2.36. The first-order valence-corrected chi connectivity index (χ1v) is 5.68. The Kier molecular flexibility index (Phi) is 3.28. The van der Waals surface area contributed by atoms with Gasteiger partial charge in [0.2, 0.25) is 0 Å². The normalized spacial score (nSPS) is 10.1. The van der Waals surface area contributed by atoms with Crippen molar-refractivity contribution in [3.05, 3.63) is 53.9 Å². The molecule has 1 heterocycles. The Bertz CT molecular complexity index is 560. The molecule has 18 heavy (non-hydrogen) atoms. The zero-order chi connectivity index (χ0) is 13.1. The van der Waals surface area contributed by atoms with Gasteiger partial charge in [0.05, 0.1) is 11.9 Å². The topological polar surface area (TPSA) is 66.0 Å². The highest BCUT2D eigenvalue weighted by atomic mass is 15.1. The maximum atomic E-state index is 7.59. The van der Waals surface area contributed by atoms with E-state index in [2.05, 4.69) is 24.0 Å². The molecule has 4 heteroatoms. The Morgan fingerprint density at radius 2 is 1.89 bits per heavy atom. The van der Waals surface area contributed by atoms with Gasteiger partial charge in [-0.25, -0.2) is 0 Å². The summed E-state index contributed by atoms with van der Waals surface area (Å²) in [6, 6.07) is 9.92. The maximum Gasteiger partial charge on any atom is 0.125 e. The van der Waals surface area contributed by atoms with E-state index in [4.69, 9.17) is 11.1 Å². The predicted molar refractivity (Wildman–Crippen MR) is 74.5 cm³/mol. The smallest absolute Gasteiger partial charge is 0.125 e. The van der Waals surface area contributed by atoms with Crippen molar-refractivity contribution in [3.63, 3.8) is 0 Å². The van der Waals surface area contributed by atoms with Gasteiger partial charge in [-0.3, -0.25) is 10.4 Å². The van der Waals surface area contributed by atoms with Crippen LogP contribution in [0.3, 0.4) is 0 Å². The van der Waals surface area contributed by atoms with E-state index in [1.807, 2.05) is 24.1 Å². The molecular formula is C14H16N4. The average Bonchev–Trinajstić information content (AvgIpc) is 2.39. The minimum Gasteiger partial charge on any atom is -0.384 e. The van der Waals surface area contributed by atoms with Crippen molar-refractivity contribution in [1.29, 1.82) is 5.41 Å². The molecule has 0 fully saturated rings. The number of rotatable bonds is 3. The first kappa shape index (κ1) is 12.1. The van der Waals surface area contributed by atoms with E-state index in [0.717, 1.165) is 11.4 Å². The SMILES string of the molecule is Cc1ccc(N(C)c2cnccc2C(=N)N)cc1. The fourth-order valence-corrected chi connectivity index (χ4v) is 1.79. The molecule has 1 aromatic heterocycles. The maximum absolute atomic E-state index is 7.59. The van der Waals surface area contributed by atoms with E-state index < -0.39 is 0 Å². The van der Waals surface area contributed by atoms with E-state index in [1.165, 1.54) is 5.56 Å². The van der Waals surface area contributed by atoms with E-state index in [0.29, 0.717) is 5.56 Å². The van der Waals surface area contributed by atoms with Crippen LogP contribution >= 0.6 is 0 Å². The lowest BCUT2D eigenvalue weighted by molar-refractivity contribution is 1.16. The van der Waals surface area contributed by atoms with Crippen LogP contribution in [-0.4, -0.2) is 17.9 Å². The number of benzene rings is 1. The second kappa shape index (κ2) is 4.87. The van der Waals surface area contributed by atoms with Crippen LogP contribution in [0.2, 0.25) is 0 Å². The van der Waals surface area contributed by atoms with E-state index in [-0.39, 0.29) is 5.84 Å². The van der Waals surface area contributed by atoms with Gasteiger partial charge in [-0.05, 0) is 25.1 Å². The molecule has 3 N–H and O–H groups in total. The van der Waals surface area contributed by atoms with E-state index in [1.54, 1.807) is 18.5 Å². The van der Waals surface area contributed by atoms with Crippen LogP contribution in [0.5, 0.6) is 0 Å². The zero-order valence-electron chi connectivity index (χ0n) is 10.5. The minimum absolute atomic E-state index is 0.0476. The van der Waals surface area contributed by atoms with Crippen LogP contribution in [0.15, 0.2) is 42.7 Å². The summed E-state index contributed by atoms with van der Waals surface area (Å²) in [5, 5.41) is 7.59. The first-order valence-electron chi connectivity index (χ1n) is 5.68. The first-order chi connectivity index (χ1) is 8.59. The van der Waals surface area contributed by atoms with Crippen LogP contribution in [0.4, 0.5) is 11.4 Å². The summed E-state index contributed by atoms with van der Waals surface area (Å²) in [7, 11) is 1.94. The third-order valence-corrected chi connectivity index (χ3v) is 2.87. The molecule has 0 aliphatic heterocycles. The van der Waals surface area contributed by atoms with Crippen molar-refractivity contribution in [2.24, 2.45) is 5.73 Å². The summed E-state index contributed by atoms with van der Waals surface area (Å²) < 4.78 is 0. The van der Waals surface area contributed by atoms with Gasteiger partial charge in [0.15, 0.2) is 0 Å². The number of pyridine rings is 1. The molecule has 0 atom stereocenters. The molecule has 0 amide bonds. The van der Waals surface area contributed by atoms with E-state index >= 15 is 0 Å². The molecule has 0 radical (unpaired) electrons. The highest BCUT2D eigenvalue weighted by Crippen LogP contribution is 2.25. The molecule has 4 nitrogen and oxygen atoms in total. The molecule has 2 rings (SSSR count). The Morgan fingerprint density at radius 1 is 1.22 bits per heavy atom. The third-order valence-electron chi connectivity index (χ3n) is 2.87. The average molecular weight is 240 g/mol. The van der Waals surface area contributed by atoms with Crippen LogP contribution in [0, 0.1) is 12.3 Å². The van der Waals surface area contributed by atoms with Crippen LogP contribution in [-0.2, 0) is 0 Å². The van der Waals surface area contributed by atoms with Crippen LogP contribution in [0.25, 0.3) is 0 Å². The Balaban J connectivity index is 2.42. The molecule has 0 aliphatic carbocycles. The second-order valence-electron chi connectivity index (χ2n) is 4.20. The largest absolute Gasteiger partial charge is 0.384 e. The number of nitrogens with zero attached hydrogens (tertiary/aromatic N) is 2. The van der Waals surface area contributed by atoms with Gasteiger partial charge in [-0.2, -0.15) is 0 Å². The third kappa shape index (κ3) is 2.32. The summed E-state index contributed by atoms with van der Waals surface area (Å²) >= 11 is 0. The number of aromatic nitrogens is 1. The van der Waals surface area contributed by atoms with Crippen molar-refractivity contribution in [3.8, 4) is 0 Å². The van der Waals surface area contributed by atoms with Crippen molar-refractivity contribution in [2.75, 3.05) is 11.9 Å². The number of nitrogens with one attached hydrogen (secondary N) is 1. The molecule has 0 bridgehead atoms. The fourth-order valence-electron chi connectivity index (χ4n) is 1.79. The lowest BCUT2D eigenvalue weighted by atomic mass is 10.1. The molecule has 2 aromatic rings. The number of anilines is 2. The number of hydrogen-bond acceptors (Lipinski definition) is 3. The molecule has 0 spiro atoms. The minimum atomic E-state index is 0.0476. The van der Waals surface area contributed by atoms with Gasteiger partial charge in [0.1, 0.15) is 5.84 Å². The molecule has 0 aliphatic rings. The number of nitrogens with two attached hydrogens (primary N) is 1. The van der Waals surface area contributed by atoms with Gasteiger partial charge in [0, 0.05) is 24.5 Å². The van der Waals surface area contributed by atoms with Gasteiger partial charge < -0.3 is 10.6 Å². The van der Waals surface area contributed by atoms with Crippen molar-refractivity contribution >= 4 is 17.2 Å². The van der Waals surface area contributed by atoms with Crippen molar-refractivity contribution < 1.29 is 0 Å². The molecular weight excluding hydrogens is 224 g/mol. The van der Waals surface area contributed by atoms with Gasteiger partial charge >= 0.3 is 0 Å². The quantitative estimate of drug-likeness (QED) is 0.639. The number of aryl methyl sites for hydroxylation is 1. The van der Waals surface area contributed by atoms with Gasteiger partial charge in [-0.1, -0.05) is 17.7 Å².